The molecule has 28 heavy (non-hydrogen) atoms. The fourth-order valence-corrected chi connectivity index (χ4v) is 3.24. The average molecular weight is 423 g/mol. The molecule has 0 bridgehead atoms. The number of methoxy groups -OCH3 is 1. The molecule has 1 fully saturated rings. The highest BCUT2D eigenvalue weighted by Crippen LogP contribution is 2.24. The van der Waals surface area contributed by atoms with Gasteiger partial charge in [-0.15, -0.1) is 0 Å². The number of benzene rings is 2. The van der Waals surface area contributed by atoms with E-state index in [-0.39, 0.29) is 18.4 Å². The van der Waals surface area contributed by atoms with E-state index >= 15 is 0 Å². The number of ether oxygens (including phenoxy) is 2. The van der Waals surface area contributed by atoms with Crippen molar-refractivity contribution in [3.05, 3.63) is 58.1 Å². The first kappa shape index (κ1) is 20.3. The van der Waals surface area contributed by atoms with Gasteiger partial charge in [-0.05, 0) is 42.5 Å². The minimum Gasteiger partial charge on any atom is -0.496 e. The highest BCUT2D eigenvalue weighted by atomic mass is 35.5. The van der Waals surface area contributed by atoms with Gasteiger partial charge in [0.05, 0.1) is 12.7 Å². The Labute approximate surface area is 173 Å². The van der Waals surface area contributed by atoms with E-state index in [2.05, 4.69) is 0 Å². The third-order valence-corrected chi connectivity index (χ3v) is 4.97. The molecule has 0 radical (unpaired) electrons. The summed E-state index contributed by atoms with van der Waals surface area (Å²) in [6.07, 6.45) is 0. The van der Waals surface area contributed by atoms with Crippen LogP contribution in [0.25, 0.3) is 0 Å². The monoisotopic (exact) mass is 422 g/mol. The zero-order chi connectivity index (χ0) is 20.1. The zero-order valence-corrected chi connectivity index (χ0v) is 16.9. The maximum atomic E-state index is 12.8. The van der Waals surface area contributed by atoms with E-state index in [1.165, 1.54) is 7.11 Å². The lowest BCUT2D eigenvalue weighted by Crippen LogP contribution is -2.51. The van der Waals surface area contributed by atoms with Crippen molar-refractivity contribution in [3.63, 3.8) is 0 Å². The van der Waals surface area contributed by atoms with Gasteiger partial charge < -0.3 is 19.3 Å². The van der Waals surface area contributed by atoms with Crippen LogP contribution >= 0.6 is 23.2 Å². The van der Waals surface area contributed by atoms with Crippen molar-refractivity contribution in [1.82, 2.24) is 9.80 Å². The molecule has 2 amide bonds. The molecular weight excluding hydrogens is 403 g/mol. The Balaban J connectivity index is 1.53. The van der Waals surface area contributed by atoms with E-state index < -0.39 is 0 Å². The minimum absolute atomic E-state index is 0.0578. The normalized spacial score (nSPS) is 14.0. The van der Waals surface area contributed by atoms with E-state index in [0.29, 0.717) is 53.3 Å². The lowest BCUT2D eigenvalue weighted by Gasteiger charge is -2.35. The van der Waals surface area contributed by atoms with Crippen LogP contribution in [0.5, 0.6) is 11.5 Å². The Hall–Kier alpha value is -2.44. The van der Waals surface area contributed by atoms with Gasteiger partial charge >= 0.3 is 0 Å². The van der Waals surface area contributed by atoms with E-state index in [4.69, 9.17) is 32.7 Å². The first-order valence-corrected chi connectivity index (χ1v) is 9.52. The molecule has 0 aliphatic carbocycles. The van der Waals surface area contributed by atoms with E-state index in [0.717, 1.165) is 0 Å². The standard InChI is InChI=1S/C20H20Cl2N2O4/c1-27-18-7-4-15(22)12-17(18)20(26)24-10-8-23(9-11-24)19(25)13-28-16-5-2-14(21)3-6-16/h2-7,12H,8-11,13H2,1H3. The summed E-state index contributed by atoms with van der Waals surface area (Å²) in [5, 5.41) is 1.08. The van der Waals surface area contributed by atoms with Gasteiger partial charge in [0.25, 0.3) is 11.8 Å². The third-order valence-electron chi connectivity index (χ3n) is 4.49. The third kappa shape index (κ3) is 4.88. The summed E-state index contributed by atoms with van der Waals surface area (Å²) in [5.41, 5.74) is 0.417. The van der Waals surface area contributed by atoms with E-state index in [1.807, 2.05) is 0 Å². The van der Waals surface area contributed by atoms with Crippen molar-refractivity contribution < 1.29 is 19.1 Å². The lowest BCUT2D eigenvalue weighted by atomic mass is 10.1. The summed E-state index contributed by atoms with van der Waals surface area (Å²) >= 11 is 11.8. The summed E-state index contributed by atoms with van der Waals surface area (Å²) in [5.74, 6) is 0.773. The average Bonchev–Trinajstić information content (AvgIpc) is 2.72. The van der Waals surface area contributed by atoms with Crippen LogP contribution in [-0.4, -0.2) is 61.5 Å². The van der Waals surface area contributed by atoms with Crippen molar-refractivity contribution in [3.8, 4) is 11.5 Å². The highest BCUT2D eigenvalue weighted by molar-refractivity contribution is 6.31. The van der Waals surface area contributed by atoms with E-state index in [1.54, 1.807) is 52.3 Å². The second kappa shape index (κ2) is 9.17. The van der Waals surface area contributed by atoms with Gasteiger partial charge in [-0.25, -0.2) is 0 Å². The summed E-state index contributed by atoms with van der Waals surface area (Å²) in [6, 6.07) is 11.8. The van der Waals surface area contributed by atoms with Gasteiger partial charge in [0, 0.05) is 36.2 Å². The largest absolute Gasteiger partial charge is 0.496 e. The number of rotatable bonds is 5. The number of piperazine rings is 1. The smallest absolute Gasteiger partial charge is 0.260 e. The number of halogens is 2. The van der Waals surface area contributed by atoms with Crippen molar-refractivity contribution >= 4 is 35.0 Å². The molecule has 0 N–H and O–H groups in total. The summed E-state index contributed by atoms with van der Waals surface area (Å²) < 4.78 is 10.8. The van der Waals surface area contributed by atoms with Gasteiger partial charge in [0.1, 0.15) is 11.5 Å². The van der Waals surface area contributed by atoms with Crippen molar-refractivity contribution in [2.75, 3.05) is 39.9 Å². The van der Waals surface area contributed by atoms with Crippen LogP contribution < -0.4 is 9.47 Å². The number of amides is 2. The van der Waals surface area contributed by atoms with Crippen LogP contribution in [-0.2, 0) is 4.79 Å². The molecule has 2 aromatic rings. The molecule has 0 atom stereocenters. The fraction of sp³-hybridized carbons (Fsp3) is 0.300. The van der Waals surface area contributed by atoms with Crippen LogP contribution in [0, 0.1) is 0 Å². The SMILES string of the molecule is COc1ccc(Cl)cc1C(=O)N1CCN(C(=O)COc2ccc(Cl)cc2)CC1. The molecule has 0 aromatic heterocycles. The van der Waals surface area contributed by atoms with Crippen molar-refractivity contribution in [2.45, 2.75) is 0 Å². The van der Waals surface area contributed by atoms with Crippen LogP contribution in [0.2, 0.25) is 10.0 Å². The maximum Gasteiger partial charge on any atom is 0.260 e. The molecule has 6 nitrogen and oxygen atoms in total. The first-order chi connectivity index (χ1) is 13.5. The number of carbonyl (C=O) groups is 2. The number of carbonyl (C=O) groups excluding carboxylic acids is 2. The number of hydrogen-bond donors (Lipinski definition) is 0. The Morgan fingerprint density at radius 1 is 0.929 bits per heavy atom. The molecule has 148 valence electrons. The van der Waals surface area contributed by atoms with Crippen LogP contribution in [0.3, 0.4) is 0 Å². The lowest BCUT2D eigenvalue weighted by molar-refractivity contribution is -0.134. The second-order valence-electron chi connectivity index (χ2n) is 6.26. The molecule has 0 unspecified atom stereocenters. The first-order valence-electron chi connectivity index (χ1n) is 8.77. The molecule has 1 heterocycles. The van der Waals surface area contributed by atoms with Crippen LogP contribution in [0.4, 0.5) is 0 Å². The van der Waals surface area contributed by atoms with E-state index in [9.17, 15) is 9.59 Å². The predicted molar refractivity (Wildman–Crippen MR) is 107 cm³/mol. The van der Waals surface area contributed by atoms with Crippen molar-refractivity contribution in [1.29, 1.82) is 0 Å². The van der Waals surface area contributed by atoms with Crippen molar-refractivity contribution in [2.24, 2.45) is 0 Å². The van der Waals surface area contributed by atoms with Crippen LogP contribution in [0.15, 0.2) is 42.5 Å². The summed E-state index contributed by atoms with van der Waals surface area (Å²) in [4.78, 5) is 28.5. The highest BCUT2D eigenvalue weighted by Gasteiger charge is 2.26. The molecule has 0 spiro atoms. The number of hydrogen-bond acceptors (Lipinski definition) is 4. The van der Waals surface area contributed by atoms with Gasteiger partial charge in [-0.1, -0.05) is 23.2 Å². The summed E-state index contributed by atoms with van der Waals surface area (Å²) in [7, 11) is 1.51. The Morgan fingerprint density at radius 2 is 1.54 bits per heavy atom. The minimum atomic E-state index is -0.163. The second-order valence-corrected chi connectivity index (χ2v) is 7.13. The molecular formula is C20H20Cl2N2O4. The molecule has 8 heteroatoms. The Bertz CT molecular complexity index is 850. The summed E-state index contributed by atoms with van der Waals surface area (Å²) in [6.45, 7) is 1.69. The Morgan fingerprint density at radius 3 is 2.18 bits per heavy atom. The molecule has 2 aromatic carbocycles. The van der Waals surface area contributed by atoms with Gasteiger partial charge in [0.15, 0.2) is 6.61 Å². The predicted octanol–water partition coefficient (Wildman–Crippen LogP) is 3.37. The molecule has 3 rings (SSSR count). The Kier molecular flexibility index (Phi) is 6.65. The molecule has 1 saturated heterocycles. The van der Waals surface area contributed by atoms with Gasteiger partial charge in [-0.2, -0.15) is 0 Å². The van der Waals surface area contributed by atoms with Gasteiger partial charge in [0.2, 0.25) is 0 Å². The fourth-order valence-electron chi connectivity index (χ4n) is 2.94. The van der Waals surface area contributed by atoms with Gasteiger partial charge in [-0.3, -0.25) is 9.59 Å². The van der Waals surface area contributed by atoms with Crippen LogP contribution in [0.1, 0.15) is 10.4 Å². The zero-order valence-electron chi connectivity index (χ0n) is 15.4. The number of nitrogens with zero attached hydrogens (tertiary/aromatic N) is 2. The maximum absolute atomic E-state index is 12.8. The quantitative estimate of drug-likeness (QED) is 0.740. The molecule has 1 aliphatic heterocycles. The molecule has 1 aliphatic rings. The topological polar surface area (TPSA) is 59.1 Å². The molecule has 0 saturated carbocycles.